The van der Waals surface area contributed by atoms with Gasteiger partial charge in [0, 0.05) is 0 Å². The van der Waals surface area contributed by atoms with E-state index in [0.717, 1.165) is 11.3 Å². The number of rotatable bonds is 8. The van der Waals surface area contributed by atoms with E-state index >= 15 is 0 Å². The molecule has 0 aliphatic heterocycles. The molecule has 2 aromatic rings. The molecule has 0 saturated heterocycles. The molecule has 2 amide bonds. The quantitative estimate of drug-likeness (QED) is 0.433. The van der Waals surface area contributed by atoms with Gasteiger partial charge in [-0.25, -0.2) is 5.43 Å². The first-order valence-corrected chi connectivity index (χ1v) is 8.10. The summed E-state index contributed by atoms with van der Waals surface area (Å²) in [5.41, 5.74) is 3.60. The first-order chi connectivity index (χ1) is 12.6. The fourth-order valence-electron chi connectivity index (χ4n) is 2.16. The van der Waals surface area contributed by atoms with Gasteiger partial charge in [-0.3, -0.25) is 9.59 Å². The van der Waals surface area contributed by atoms with Gasteiger partial charge in [0.1, 0.15) is 17.9 Å². The minimum atomic E-state index is -0.519. The van der Waals surface area contributed by atoms with E-state index in [0.29, 0.717) is 18.0 Å². The Morgan fingerprint density at radius 2 is 1.92 bits per heavy atom. The highest BCUT2D eigenvalue weighted by atomic mass is 16.5. The van der Waals surface area contributed by atoms with Gasteiger partial charge in [-0.05, 0) is 36.8 Å². The summed E-state index contributed by atoms with van der Waals surface area (Å²) in [6.45, 7) is 2.47. The number of hydrogen-bond acceptors (Lipinski definition) is 5. The monoisotopic (exact) mass is 355 g/mol. The summed E-state index contributed by atoms with van der Waals surface area (Å²) >= 11 is 0. The number of anilines is 1. The molecule has 7 heteroatoms. The van der Waals surface area contributed by atoms with Gasteiger partial charge in [0.25, 0.3) is 0 Å². The Labute approximate surface area is 152 Å². The summed E-state index contributed by atoms with van der Waals surface area (Å²) in [6.07, 6.45) is 1.13. The van der Waals surface area contributed by atoms with Gasteiger partial charge in [0.15, 0.2) is 0 Å². The number of hydrogen-bond donors (Lipinski definition) is 2. The van der Waals surface area contributed by atoms with Crippen LogP contribution in [-0.2, 0) is 9.59 Å². The number of carbonyl (C=O) groups is 2. The molecule has 0 unspecified atom stereocenters. The lowest BCUT2D eigenvalue weighted by atomic mass is 10.2. The van der Waals surface area contributed by atoms with Gasteiger partial charge in [-0.15, -0.1) is 0 Å². The highest BCUT2D eigenvalue weighted by Gasteiger charge is 2.11. The fraction of sp³-hybridized carbons (Fsp3) is 0.211. The molecule has 0 spiro atoms. The third kappa shape index (κ3) is 5.94. The maximum atomic E-state index is 11.9. The average Bonchev–Trinajstić information content (AvgIpc) is 2.62. The second-order valence-electron chi connectivity index (χ2n) is 5.22. The molecule has 0 heterocycles. The normalized spacial score (nSPS) is 10.4. The maximum Gasteiger partial charge on any atom is 0.249 e. The van der Waals surface area contributed by atoms with Crippen LogP contribution in [0.3, 0.4) is 0 Å². The molecular weight excluding hydrogens is 334 g/mol. The van der Waals surface area contributed by atoms with Gasteiger partial charge in [0.05, 0.1) is 25.6 Å². The van der Waals surface area contributed by atoms with Gasteiger partial charge < -0.3 is 14.8 Å². The van der Waals surface area contributed by atoms with Gasteiger partial charge >= 0.3 is 0 Å². The lowest BCUT2D eigenvalue weighted by molar-refractivity contribution is -0.126. The molecule has 26 heavy (non-hydrogen) atoms. The summed E-state index contributed by atoms with van der Waals surface area (Å²) in [7, 11) is 1.51. The van der Waals surface area contributed by atoms with Crippen LogP contribution in [0.25, 0.3) is 0 Å². The molecule has 0 aliphatic rings. The van der Waals surface area contributed by atoms with Crippen molar-refractivity contribution in [2.45, 2.75) is 13.3 Å². The molecule has 0 aromatic heterocycles. The molecule has 2 N–H and O–H groups in total. The van der Waals surface area contributed by atoms with E-state index in [2.05, 4.69) is 15.8 Å². The number of nitrogens with zero attached hydrogens (tertiary/aromatic N) is 1. The fourth-order valence-corrected chi connectivity index (χ4v) is 2.16. The Kier molecular flexibility index (Phi) is 7.17. The third-order valence-corrected chi connectivity index (χ3v) is 3.27. The van der Waals surface area contributed by atoms with E-state index in [4.69, 9.17) is 9.47 Å². The summed E-state index contributed by atoms with van der Waals surface area (Å²) in [5.74, 6) is 0.266. The molecule has 2 aromatic carbocycles. The highest BCUT2D eigenvalue weighted by molar-refractivity contribution is 6.04. The van der Waals surface area contributed by atoms with Crippen LogP contribution in [0, 0.1) is 0 Å². The van der Waals surface area contributed by atoms with Crippen molar-refractivity contribution in [1.29, 1.82) is 0 Å². The molecule has 7 nitrogen and oxygen atoms in total. The van der Waals surface area contributed by atoms with Crippen molar-refractivity contribution in [3.05, 3.63) is 54.1 Å². The zero-order valence-electron chi connectivity index (χ0n) is 14.7. The zero-order chi connectivity index (χ0) is 18.8. The average molecular weight is 355 g/mol. The Morgan fingerprint density at radius 1 is 1.12 bits per heavy atom. The van der Waals surface area contributed by atoms with Crippen LogP contribution < -0.4 is 20.2 Å². The molecule has 0 fully saturated rings. The molecule has 0 radical (unpaired) electrons. The molecule has 0 atom stereocenters. The van der Waals surface area contributed by atoms with Crippen molar-refractivity contribution in [3.63, 3.8) is 0 Å². The standard InChI is InChI=1S/C19H21N3O4/c1-3-26-15-8-6-7-14(11-15)13-20-22-19(24)12-18(23)21-16-9-4-5-10-17(16)25-2/h4-11,13H,3,12H2,1-2H3,(H,21,23)(H,22,24). The summed E-state index contributed by atoms with van der Waals surface area (Å²) in [4.78, 5) is 23.8. The molecule has 0 aliphatic carbocycles. The summed E-state index contributed by atoms with van der Waals surface area (Å²) in [5, 5.41) is 6.48. The van der Waals surface area contributed by atoms with Crippen LogP contribution in [-0.4, -0.2) is 31.7 Å². The molecular formula is C19H21N3O4. The minimum absolute atomic E-state index is 0.353. The van der Waals surface area contributed by atoms with Gasteiger partial charge in [-0.1, -0.05) is 24.3 Å². The van der Waals surface area contributed by atoms with E-state index in [1.165, 1.54) is 13.3 Å². The lowest BCUT2D eigenvalue weighted by Crippen LogP contribution is -2.24. The van der Waals surface area contributed by atoms with Crippen LogP contribution in [0.4, 0.5) is 5.69 Å². The van der Waals surface area contributed by atoms with Crippen molar-refractivity contribution < 1.29 is 19.1 Å². The van der Waals surface area contributed by atoms with E-state index in [1.54, 1.807) is 30.3 Å². The van der Waals surface area contributed by atoms with E-state index in [1.807, 2.05) is 25.1 Å². The van der Waals surface area contributed by atoms with Crippen molar-refractivity contribution in [2.75, 3.05) is 19.0 Å². The second kappa shape index (κ2) is 9.83. The summed E-state index contributed by atoms with van der Waals surface area (Å²) < 4.78 is 10.5. The van der Waals surface area contributed by atoms with E-state index in [-0.39, 0.29) is 6.42 Å². The second-order valence-corrected chi connectivity index (χ2v) is 5.22. The number of ether oxygens (including phenoxy) is 2. The number of nitrogens with one attached hydrogen (secondary N) is 2. The Morgan fingerprint density at radius 3 is 2.69 bits per heavy atom. The maximum absolute atomic E-state index is 11.9. The Balaban J connectivity index is 1.84. The Bertz CT molecular complexity index is 790. The predicted molar refractivity (Wildman–Crippen MR) is 99.6 cm³/mol. The van der Waals surface area contributed by atoms with Crippen LogP contribution in [0.2, 0.25) is 0 Å². The largest absolute Gasteiger partial charge is 0.495 e. The lowest BCUT2D eigenvalue weighted by Gasteiger charge is -2.09. The third-order valence-electron chi connectivity index (χ3n) is 3.27. The highest BCUT2D eigenvalue weighted by Crippen LogP contribution is 2.22. The smallest absolute Gasteiger partial charge is 0.249 e. The number of hydrazone groups is 1. The van der Waals surface area contributed by atoms with E-state index in [9.17, 15) is 9.59 Å². The molecule has 0 bridgehead atoms. The topological polar surface area (TPSA) is 89.0 Å². The van der Waals surface area contributed by atoms with Crippen molar-refractivity contribution in [3.8, 4) is 11.5 Å². The van der Waals surface area contributed by atoms with Crippen molar-refractivity contribution >= 4 is 23.7 Å². The number of benzene rings is 2. The van der Waals surface area contributed by atoms with Crippen LogP contribution >= 0.6 is 0 Å². The van der Waals surface area contributed by atoms with Crippen LogP contribution in [0.15, 0.2) is 53.6 Å². The predicted octanol–water partition coefficient (Wildman–Crippen LogP) is 2.57. The first-order valence-electron chi connectivity index (χ1n) is 8.10. The van der Waals surface area contributed by atoms with Gasteiger partial charge in [-0.2, -0.15) is 5.10 Å². The molecule has 136 valence electrons. The van der Waals surface area contributed by atoms with E-state index < -0.39 is 11.8 Å². The van der Waals surface area contributed by atoms with Crippen molar-refractivity contribution in [2.24, 2.45) is 5.10 Å². The zero-order valence-corrected chi connectivity index (χ0v) is 14.7. The number of methoxy groups -OCH3 is 1. The Hall–Kier alpha value is -3.35. The molecule has 2 rings (SSSR count). The number of carbonyl (C=O) groups excluding carboxylic acids is 2. The minimum Gasteiger partial charge on any atom is -0.495 e. The number of amides is 2. The number of para-hydroxylation sites is 2. The summed E-state index contributed by atoms with van der Waals surface area (Å²) in [6, 6.07) is 14.3. The molecule has 0 saturated carbocycles. The first kappa shape index (κ1) is 19.0. The SMILES string of the molecule is CCOc1cccc(C=NNC(=O)CC(=O)Nc2ccccc2OC)c1. The van der Waals surface area contributed by atoms with Crippen molar-refractivity contribution in [1.82, 2.24) is 5.43 Å². The van der Waals surface area contributed by atoms with Gasteiger partial charge in [0.2, 0.25) is 11.8 Å². The van der Waals surface area contributed by atoms with Crippen LogP contribution in [0.5, 0.6) is 11.5 Å². The van der Waals surface area contributed by atoms with Crippen LogP contribution in [0.1, 0.15) is 18.9 Å².